The molecule has 0 aliphatic carbocycles. The second kappa shape index (κ2) is 8.99. The Morgan fingerprint density at radius 1 is 1.00 bits per heavy atom. The van der Waals surface area contributed by atoms with Crippen LogP contribution in [0.3, 0.4) is 0 Å². The van der Waals surface area contributed by atoms with E-state index >= 15 is 0 Å². The van der Waals surface area contributed by atoms with Crippen molar-refractivity contribution in [1.82, 2.24) is 0 Å². The zero-order valence-electron chi connectivity index (χ0n) is 10.9. The largest absolute Gasteiger partial charge is 0.270 e. The highest BCUT2D eigenvalue weighted by molar-refractivity contribution is 7.86. The predicted octanol–water partition coefficient (Wildman–Crippen LogP) is 3.35. The molecule has 0 aliphatic heterocycles. The molecule has 4 heteroatoms. The standard InChI is InChI=1S/C12H26O3S/c1-4-16(13,14)15-11-9-7-5-6-8-10-12(2)3/h12H,4-11H2,1-3H3. The lowest BCUT2D eigenvalue weighted by Crippen LogP contribution is -2.09. The third kappa shape index (κ3) is 10.4. The van der Waals surface area contributed by atoms with Crippen LogP contribution in [0.4, 0.5) is 0 Å². The highest BCUT2D eigenvalue weighted by atomic mass is 32.2. The molecule has 0 rings (SSSR count). The van der Waals surface area contributed by atoms with E-state index in [2.05, 4.69) is 13.8 Å². The number of unbranched alkanes of at least 4 members (excludes halogenated alkanes) is 4. The van der Waals surface area contributed by atoms with Crippen LogP contribution >= 0.6 is 0 Å². The molecule has 0 aromatic heterocycles. The zero-order valence-corrected chi connectivity index (χ0v) is 11.7. The van der Waals surface area contributed by atoms with Gasteiger partial charge in [-0.25, -0.2) is 0 Å². The summed E-state index contributed by atoms with van der Waals surface area (Å²) < 4.78 is 26.8. The highest BCUT2D eigenvalue weighted by Gasteiger charge is 2.05. The summed E-state index contributed by atoms with van der Waals surface area (Å²) in [5.74, 6) is 0.861. The van der Waals surface area contributed by atoms with Crippen molar-refractivity contribution in [2.45, 2.75) is 59.3 Å². The maximum atomic E-state index is 11.0. The molecule has 0 amide bonds. The fraction of sp³-hybridized carbons (Fsp3) is 1.00. The number of hydrogen-bond donors (Lipinski definition) is 0. The van der Waals surface area contributed by atoms with Crippen molar-refractivity contribution in [2.24, 2.45) is 5.92 Å². The molecule has 0 fully saturated rings. The molecule has 0 aromatic carbocycles. The van der Waals surface area contributed by atoms with E-state index in [1.165, 1.54) is 25.7 Å². The third-order valence-corrected chi connectivity index (χ3v) is 3.78. The van der Waals surface area contributed by atoms with Gasteiger partial charge in [-0.2, -0.15) is 8.42 Å². The first-order valence-electron chi connectivity index (χ1n) is 6.35. The Hall–Kier alpha value is -0.0900. The van der Waals surface area contributed by atoms with Crippen molar-refractivity contribution in [3.05, 3.63) is 0 Å². The molecule has 0 atom stereocenters. The molecule has 0 unspecified atom stereocenters. The normalized spacial score (nSPS) is 12.2. The molecule has 16 heavy (non-hydrogen) atoms. The third-order valence-electron chi connectivity index (χ3n) is 2.54. The molecule has 0 heterocycles. The van der Waals surface area contributed by atoms with Gasteiger partial charge in [-0.3, -0.25) is 4.18 Å². The quantitative estimate of drug-likeness (QED) is 0.441. The summed E-state index contributed by atoms with van der Waals surface area (Å²) in [5.41, 5.74) is 0. The van der Waals surface area contributed by atoms with Crippen molar-refractivity contribution in [3.8, 4) is 0 Å². The molecule has 0 aliphatic rings. The van der Waals surface area contributed by atoms with Gasteiger partial charge in [-0.05, 0) is 19.3 Å². The Bertz CT molecular complexity index is 245. The summed E-state index contributed by atoms with van der Waals surface area (Å²) in [6.45, 7) is 6.43. The number of hydrogen-bond acceptors (Lipinski definition) is 3. The van der Waals surface area contributed by atoms with Crippen LogP contribution in [0.5, 0.6) is 0 Å². The van der Waals surface area contributed by atoms with Crippen molar-refractivity contribution < 1.29 is 12.6 Å². The Kier molecular flexibility index (Phi) is 8.94. The van der Waals surface area contributed by atoms with Crippen molar-refractivity contribution in [2.75, 3.05) is 12.4 Å². The summed E-state index contributed by atoms with van der Waals surface area (Å²) >= 11 is 0. The van der Waals surface area contributed by atoms with Crippen LogP contribution in [0.25, 0.3) is 0 Å². The molecule has 0 spiro atoms. The fourth-order valence-corrected chi connectivity index (χ4v) is 1.99. The highest BCUT2D eigenvalue weighted by Crippen LogP contribution is 2.10. The minimum atomic E-state index is -3.23. The monoisotopic (exact) mass is 250 g/mol. The molecule has 98 valence electrons. The van der Waals surface area contributed by atoms with Gasteiger partial charge < -0.3 is 0 Å². The minimum absolute atomic E-state index is 0.0708. The summed E-state index contributed by atoms with van der Waals surface area (Å²) in [4.78, 5) is 0. The van der Waals surface area contributed by atoms with Gasteiger partial charge in [0.25, 0.3) is 10.1 Å². The molecular weight excluding hydrogens is 224 g/mol. The average Bonchev–Trinajstić information content (AvgIpc) is 2.21. The second-order valence-corrected chi connectivity index (χ2v) is 6.55. The summed E-state index contributed by atoms with van der Waals surface area (Å²) in [6.07, 6.45) is 6.92. The van der Waals surface area contributed by atoms with Gasteiger partial charge in [-0.15, -0.1) is 0 Å². The Morgan fingerprint density at radius 3 is 2.12 bits per heavy atom. The fourth-order valence-electron chi connectivity index (χ4n) is 1.45. The van der Waals surface area contributed by atoms with E-state index in [9.17, 15) is 8.42 Å². The molecule has 0 saturated heterocycles. The average molecular weight is 250 g/mol. The van der Waals surface area contributed by atoms with Crippen LogP contribution in [0.2, 0.25) is 0 Å². The Labute approximate surface area is 101 Å². The van der Waals surface area contributed by atoms with Gasteiger partial charge in [0.1, 0.15) is 0 Å². The molecule has 0 bridgehead atoms. The predicted molar refractivity (Wildman–Crippen MR) is 68.0 cm³/mol. The van der Waals surface area contributed by atoms with E-state index in [0.717, 1.165) is 18.8 Å². The molecule has 0 N–H and O–H groups in total. The van der Waals surface area contributed by atoms with E-state index in [1.807, 2.05) is 0 Å². The van der Waals surface area contributed by atoms with E-state index < -0.39 is 10.1 Å². The van der Waals surface area contributed by atoms with Crippen molar-refractivity contribution >= 4 is 10.1 Å². The lowest BCUT2D eigenvalue weighted by molar-refractivity contribution is 0.306. The number of rotatable bonds is 10. The first kappa shape index (κ1) is 15.9. The SMILES string of the molecule is CCS(=O)(=O)OCCCCCCCC(C)C. The molecule has 0 saturated carbocycles. The van der Waals surface area contributed by atoms with Crippen LogP contribution < -0.4 is 0 Å². The van der Waals surface area contributed by atoms with Crippen LogP contribution in [-0.4, -0.2) is 20.8 Å². The van der Waals surface area contributed by atoms with E-state index in [0.29, 0.717) is 6.61 Å². The lowest BCUT2D eigenvalue weighted by Gasteiger charge is -2.05. The van der Waals surface area contributed by atoms with Gasteiger partial charge in [0, 0.05) is 0 Å². The molecular formula is C12H26O3S. The van der Waals surface area contributed by atoms with E-state index in [4.69, 9.17) is 4.18 Å². The minimum Gasteiger partial charge on any atom is -0.270 e. The van der Waals surface area contributed by atoms with E-state index in [1.54, 1.807) is 6.92 Å². The van der Waals surface area contributed by atoms with Gasteiger partial charge >= 0.3 is 0 Å². The van der Waals surface area contributed by atoms with Crippen molar-refractivity contribution in [1.29, 1.82) is 0 Å². The summed E-state index contributed by atoms with van der Waals surface area (Å²) in [5, 5.41) is 0. The lowest BCUT2D eigenvalue weighted by atomic mass is 10.0. The first-order valence-corrected chi connectivity index (χ1v) is 7.92. The van der Waals surface area contributed by atoms with E-state index in [-0.39, 0.29) is 5.75 Å². The molecule has 3 nitrogen and oxygen atoms in total. The maximum Gasteiger partial charge on any atom is 0.267 e. The molecule has 0 radical (unpaired) electrons. The van der Waals surface area contributed by atoms with Crippen LogP contribution in [0.1, 0.15) is 59.3 Å². The van der Waals surface area contributed by atoms with Crippen LogP contribution in [0, 0.1) is 5.92 Å². The first-order chi connectivity index (χ1) is 7.48. The van der Waals surface area contributed by atoms with Crippen molar-refractivity contribution in [3.63, 3.8) is 0 Å². The maximum absolute atomic E-state index is 11.0. The van der Waals surface area contributed by atoms with Gasteiger partial charge in [-0.1, -0.05) is 46.0 Å². The Balaban J connectivity index is 3.22. The second-order valence-electron chi connectivity index (χ2n) is 4.62. The van der Waals surface area contributed by atoms with Gasteiger partial charge in [0.15, 0.2) is 0 Å². The smallest absolute Gasteiger partial charge is 0.267 e. The topological polar surface area (TPSA) is 43.4 Å². The summed E-state index contributed by atoms with van der Waals surface area (Å²) in [7, 11) is -3.23. The zero-order chi connectivity index (χ0) is 12.4. The molecule has 0 aromatic rings. The van der Waals surface area contributed by atoms with Gasteiger partial charge in [0.2, 0.25) is 0 Å². The van der Waals surface area contributed by atoms with Gasteiger partial charge in [0.05, 0.1) is 12.4 Å². The Morgan fingerprint density at radius 2 is 1.56 bits per heavy atom. The van der Waals surface area contributed by atoms with Crippen LogP contribution in [0.15, 0.2) is 0 Å². The van der Waals surface area contributed by atoms with Crippen LogP contribution in [-0.2, 0) is 14.3 Å². The summed E-state index contributed by atoms with van der Waals surface area (Å²) in [6, 6.07) is 0.